The molecule has 1 N–H and O–H groups in total. The zero-order valence-electron chi connectivity index (χ0n) is 12.6. The van der Waals surface area contributed by atoms with Crippen LogP contribution in [0.3, 0.4) is 0 Å². The first-order valence-corrected chi connectivity index (χ1v) is 9.72. The lowest BCUT2D eigenvalue weighted by molar-refractivity contribution is 0.281. The maximum absolute atomic E-state index is 12.6. The summed E-state index contributed by atoms with van der Waals surface area (Å²) in [5, 5.41) is 9.14. The highest BCUT2D eigenvalue weighted by Crippen LogP contribution is 2.31. The van der Waals surface area contributed by atoms with Gasteiger partial charge in [0.05, 0.1) is 12.4 Å². The molecule has 1 aromatic carbocycles. The second-order valence-electron chi connectivity index (χ2n) is 5.99. The van der Waals surface area contributed by atoms with Gasteiger partial charge in [-0.05, 0) is 17.5 Å². The largest absolute Gasteiger partial charge is 0.392 e. The van der Waals surface area contributed by atoms with E-state index < -0.39 is 10.0 Å². The van der Waals surface area contributed by atoms with Gasteiger partial charge in [0.1, 0.15) is 0 Å². The molecule has 0 spiro atoms. The van der Waals surface area contributed by atoms with E-state index in [4.69, 9.17) is 5.11 Å². The Morgan fingerprint density at radius 2 is 2.00 bits per heavy atom. The molecule has 21 heavy (non-hydrogen) atoms. The fraction of sp³-hybridized carbons (Fsp3) is 0.600. The molecule has 1 fully saturated rings. The number of hydrogen-bond donors (Lipinski definition) is 1. The van der Waals surface area contributed by atoms with Gasteiger partial charge in [-0.15, -0.1) is 0 Å². The van der Waals surface area contributed by atoms with Gasteiger partial charge < -0.3 is 5.11 Å². The maximum Gasteiger partial charge on any atom is 0.218 e. The van der Waals surface area contributed by atoms with Crippen molar-refractivity contribution in [3.63, 3.8) is 0 Å². The second-order valence-corrected chi connectivity index (χ2v) is 9.76. The Morgan fingerprint density at radius 1 is 1.29 bits per heavy atom. The number of sulfonamides is 1. The first-order valence-electron chi connectivity index (χ1n) is 7.13. The van der Waals surface area contributed by atoms with E-state index in [0.29, 0.717) is 13.1 Å². The fourth-order valence-electron chi connectivity index (χ4n) is 2.40. The highest BCUT2D eigenvalue weighted by Gasteiger charge is 2.29. The van der Waals surface area contributed by atoms with Crippen molar-refractivity contribution in [2.24, 2.45) is 0 Å². The van der Waals surface area contributed by atoms with Crippen molar-refractivity contribution in [1.29, 1.82) is 0 Å². The Balaban J connectivity index is 2.10. The summed E-state index contributed by atoms with van der Waals surface area (Å²) in [6.07, 6.45) is 0.869. The van der Waals surface area contributed by atoms with E-state index in [1.807, 2.05) is 11.8 Å². The van der Waals surface area contributed by atoms with Crippen LogP contribution in [0.15, 0.2) is 24.3 Å². The number of thioether (sulfide) groups is 1. The predicted octanol–water partition coefficient (Wildman–Crippen LogP) is 2.23. The van der Waals surface area contributed by atoms with E-state index in [9.17, 15) is 8.42 Å². The third kappa shape index (κ3) is 4.71. The first-order chi connectivity index (χ1) is 9.82. The summed E-state index contributed by atoms with van der Waals surface area (Å²) >= 11 is 1.83. The van der Waals surface area contributed by atoms with Gasteiger partial charge in [0.2, 0.25) is 10.0 Å². The SMILES string of the molecule is CC1(C)CCN(S(=O)(=O)Cc2cccc(CO)c2)CCS1. The van der Waals surface area contributed by atoms with E-state index in [1.54, 1.807) is 28.6 Å². The van der Waals surface area contributed by atoms with E-state index >= 15 is 0 Å². The summed E-state index contributed by atoms with van der Waals surface area (Å²) in [7, 11) is -3.30. The third-order valence-corrected chi connectivity index (χ3v) is 6.94. The van der Waals surface area contributed by atoms with Crippen LogP contribution in [0.5, 0.6) is 0 Å². The van der Waals surface area contributed by atoms with Crippen LogP contribution in [0.1, 0.15) is 31.4 Å². The molecule has 0 saturated carbocycles. The summed E-state index contributed by atoms with van der Waals surface area (Å²) in [4.78, 5) is 0. The molecule has 0 amide bonds. The molecule has 1 saturated heterocycles. The van der Waals surface area contributed by atoms with E-state index in [-0.39, 0.29) is 17.1 Å². The number of nitrogens with zero attached hydrogens (tertiary/aromatic N) is 1. The lowest BCUT2D eigenvalue weighted by Gasteiger charge is -2.22. The standard InChI is InChI=1S/C15H23NO3S2/c1-15(2)6-7-16(8-9-20-15)21(18,19)12-14-5-3-4-13(10-14)11-17/h3-5,10,17H,6-9,11-12H2,1-2H3. The number of aliphatic hydroxyl groups excluding tert-OH is 1. The Labute approximate surface area is 131 Å². The molecule has 0 aromatic heterocycles. The van der Waals surface area contributed by atoms with Gasteiger partial charge >= 0.3 is 0 Å². The summed E-state index contributed by atoms with van der Waals surface area (Å²) in [5.74, 6) is 0.842. The molecule has 4 nitrogen and oxygen atoms in total. The molecule has 1 aliphatic heterocycles. The van der Waals surface area contributed by atoms with Crippen LogP contribution < -0.4 is 0 Å². The topological polar surface area (TPSA) is 57.6 Å². The molecule has 1 heterocycles. The minimum atomic E-state index is -3.30. The molecule has 0 aliphatic carbocycles. The van der Waals surface area contributed by atoms with Crippen LogP contribution in [-0.4, -0.2) is 41.4 Å². The summed E-state index contributed by atoms with van der Waals surface area (Å²) in [6.45, 7) is 5.43. The Bertz CT molecular complexity index is 584. The average molecular weight is 329 g/mol. The van der Waals surface area contributed by atoms with Crippen molar-refractivity contribution in [3.05, 3.63) is 35.4 Å². The molecule has 1 aliphatic rings. The summed E-state index contributed by atoms with van der Waals surface area (Å²) < 4.78 is 26.9. The van der Waals surface area contributed by atoms with Crippen molar-refractivity contribution < 1.29 is 13.5 Å². The normalized spacial score (nSPS) is 20.1. The zero-order valence-corrected chi connectivity index (χ0v) is 14.2. The minimum absolute atomic E-state index is 0.00589. The quantitative estimate of drug-likeness (QED) is 0.920. The molecule has 6 heteroatoms. The average Bonchev–Trinajstić information content (AvgIpc) is 2.60. The van der Waals surface area contributed by atoms with Gasteiger partial charge in [-0.2, -0.15) is 11.8 Å². The van der Waals surface area contributed by atoms with E-state index in [2.05, 4.69) is 13.8 Å². The lowest BCUT2D eigenvalue weighted by atomic mass is 10.1. The van der Waals surface area contributed by atoms with E-state index in [1.165, 1.54) is 0 Å². The van der Waals surface area contributed by atoms with Crippen LogP contribution >= 0.6 is 11.8 Å². The van der Waals surface area contributed by atoms with Crippen LogP contribution in [0.4, 0.5) is 0 Å². The van der Waals surface area contributed by atoms with Crippen molar-refractivity contribution >= 4 is 21.8 Å². The molecule has 2 rings (SSSR count). The number of aliphatic hydroxyl groups is 1. The molecule has 0 radical (unpaired) electrons. The molecule has 0 bridgehead atoms. The monoisotopic (exact) mass is 329 g/mol. The van der Waals surface area contributed by atoms with Crippen molar-refractivity contribution in [1.82, 2.24) is 4.31 Å². The Kier molecular flexibility index (Phi) is 5.35. The number of rotatable bonds is 4. The Morgan fingerprint density at radius 3 is 2.71 bits per heavy atom. The van der Waals surface area contributed by atoms with Crippen LogP contribution in [0.25, 0.3) is 0 Å². The fourth-order valence-corrected chi connectivity index (χ4v) is 5.14. The lowest BCUT2D eigenvalue weighted by Crippen LogP contribution is -2.34. The van der Waals surface area contributed by atoms with Gasteiger partial charge in [-0.1, -0.05) is 38.1 Å². The van der Waals surface area contributed by atoms with Crippen molar-refractivity contribution in [2.75, 3.05) is 18.8 Å². The Hall–Kier alpha value is -0.560. The molecular weight excluding hydrogens is 306 g/mol. The van der Waals surface area contributed by atoms with Crippen LogP contribution in [0.2, 0.25) is 0 Å². The molecule has 118 valence electrons. The summed E-state index contributed by atoms with van der Waals surface area (Å²) in [6, 6.07) is 7.14. The van der Waals surface area contributed by atoms with Gasteiger partial charge in [0.15, 0.2) is 0 Å². The zero-order chi connectivity index (χ0) is 15.5. The molecular formula is C15H23NO3S2. The molecule has 0 unspecified atom stereocenters. The minimum Gasteiger partial charge on any atom is -0.392 e. The van der Waals surface area contributed by atoms with Gasteiger partial charge in [0, 0.05) is 23.6 Å². The smallest absolute Gasteiger partial charge is 0.218 e. The van der Waals surface area contributed by atoms with Gasteiger partial charge in [-0.3, -0.25) is 0 Å². The number of hydrogen-bond acceptors (Lipinski definition) is 4. The first kappa shape index (κ1) is 16.8. The van der Waals surface area contributed by atoms with E-state index in [0.717, 1.165) is 23.3 Å². The van der Waals surface area contributed by atoms with Crippen LogP contribution in [0, 0.1) is 0 Å². The molecule has 0 atom stereocenters. The second kappa shape index (κ2) is 6.69. The van der Waals surface area contributed by atoms with Gasteiger partial charge in [-0.25, -0.2) is 12.7 Å². The highest BCUT2D eigenvalue weighted by molar-refractivity contribution is 8.00. The number of benzene rings is 1. The maximum atomic E-state index is 12.6. The highest BCUT2D eigenvalue weighted by atomic mass is 32.2. The third-order valence-electron chi connectivity index (χ3n) is 3.71. The predicted molar refractivity (Wildman–Crippen MR) is 87.7 cm³/mol. The van der Waals surface area contributed by atoms with Crippen molar-refractivity contribution in [2.45, 2.75) is 37.4 Å². The molecule has 1 aromatic rings. The summed E-state index contributed by atoms with van der Waals surface area (Å²) in [5.41, 5.74) is 1.48. The van der Waals surface area contributed by atoms with Crippen LogP contribution in [-0.2, 0) is 22.4 Å². The van der Waals surface area contributed by atoms with Gasteiger partial charge in [0.25, 0.3) is 0 Å². The van der Waals surface area contributed by atoms with Crippen molar-refractivity contribution in [3.8, 4) is 0 Å².